The summed E-state index contributed by atoms with van der Waals surface area (Å²) in [4.78, 5) is 35.7. The monoisotopic (exact) mass is 350 g/mol. The maximum absolute atomic E-state index is 12.0. The number of hydrogen-bond donors (Lipinski definition) is 1. The molecule has 4 rings (SSSR count). The minimum Gasteiger partial charge on any atom is -0.435 e. The van der Waals surface area contributed by atoms with E-state index in [9.17, 15) is 19.5 Å². The van der Waals surface area contributed by atoms with Crippen LogP contribution in [0.1, 0.15) is 52.4 Å². The molecule has 7 atom stereocenters. The summed E-state index contributed by atoms with van der Waals surface area (Å²) in [6, 6.07) is 0. The van der Waals surface area contributed by atoms with Gasteiger partial charge in [0.15, 0.2) is 0 Å². The highest BCUT2D eigenvalue weighted by molar-refractivity contribution is 5.96. The van der Waals surface area contributed by atoms with Gasteiger partial charge in [-0.3, -0.25) is 14.4 Å². The van der Waals surface area contributed by atoms with Crippen LogP contribution in [-0.2, 0) is 23.9 Å². The van der Waals surface area contributed by atoms with E-state index in [2.05, 4.69) is 13.8 Å². The molecule has 0 amide bonds. The lowest BCUT2D eigenvalue weighted by atomic mass is 9.56. The van der Waals surface area contributed by atoms with Gasteiger partial charge in [0.05, 0.1) is 17.8 Å². The van der Waals surface area contributed by atoms with E-state index >= 15 is 0 Å². The van der Waals surface area contributed by atoms with Crippen LogP contribution in [0.25, 0.3) is 0 Å². The van der Waals surface area contributed by atoms with Crippen LogP contribution in [0.15, 0.2) is 0 Å². The molecule has 2 heterocycles. The zero-order valence-corrected chi connectivity index (χ0v) is 14.8. The molecule has 0 aromatic carbocycles. The molecule has 2 aliphatic heterocycles. The van der Waals surface area contributed by atoms with E-state index in [1.54, 1.807) is 0 Å². The summed E-state index contributed by atoms with van der Waals surface area (Å²) in [6.07, 6.45) is 3.86. The number of ether oxygens (including phenoxy) is 2. The fourth-order valence-corrected chi connectivity index (χ4v) is 5.75. The molecule has 1 N–H and O–H groups in total. The molecule has 4 fully saturated rings. The Labute approximate surface area is 147 Å². The van der Waals surface area contributed by atoms with Crippen molar-refractivity contribution in [3.63, 3.8) is 0 Å². The van der Waals surface area contributed by atoms with Gasteiger partial charge in [-0.05, 0) is 55.8 Å². The van der Waals surface area contributed by atoms with E-state index in [0.29, 0.717) is 24.7 Å². The first kappa shape index (κ1) is 17.0. The minimum atomic E-state index is -0.948. The topological polar surface area (TPSA) is 89.9 Å². The van der Waals surface area contributed by atoms with E-state index in [1.807, 2.05) is 0 Å². The van der Waals surface area contributed by atoms with Gasteiger partial charge >= 0.3 is 17.9 Å². The number of carbonyl (C=O) groups excluding carboxylic acids is 3. The van der Waals surface area contributed by atoms with E-state index in [0.717, 1.165) is 25.7 Å². The average molecular weight is 350 g/mol. The van der Waals surface area contributed by atoms with Crippen LogP contribution < -0.4 is 0 Å². The third kappa shape index (κ3) is 2.60. The summed E-state index contributed by atoms with van der Waals surface area (Å²) in [5.74, 6) is -1.13. The number of carbonyl (C=O) groups is 3. The third-order valence-electron chi connectivity index (χ3n) is 7.57. The molecule has 6 nitrogen and oxygen atoms in total. The lowest BCUT2D eigenvalue weighted by molar-refractivity contribution is -0.157. The van der Waals surface area contributed by atoms with Crippen LogP contribution in [-0.4, -0.2) is 29.3 Å². The smallest absolute Gasteiger partial charge is 0.317 e. The van der Waals surface area contributed by atoms with Crippen LogP contribution in [0.2, 0.25) is 0 Å². The summed E-state index contributed by atoms with van der Waals surface area (Å²) < 4.78 is 9.85. The Bertz CT molecular complexity index is 611. The Morgan fingerprint density at radius 1 is 0.840 bits per heavy atom. The van der Waals surface area contributed by atoms with Gasteiger partial charge in [-0.15, -0.1) is 0 Å². The molecular formula is C19H26O6. The van der Waals surface area contributed by atoms with E-state index in [4.69, 9.17) is 9.47 Å². The third-order valence-corrected chi connectivity index (χ3v) is 7.57. The molecular weight excluding hydrogens is 324 g/mol. The number of aliphatic hydroxyl groups is 1. The van der Waals surface area contributed by atoms with Crippen LogP contribution in [0.5, 0.6) is 0 Å². The molecule has 6 heteroatoms. The lowest BCUT2D eigenvalue weighted by Gasteiger charge is -2.47. The fourth-order valence-electron chi connectivity index (χ4n) is 5.75. The van der Waals surface area contributed by atoms with E-state index < -0.39 is 6.29 Å². The summed E-state index contributed by atoms with van der Waals surface area (Å²) in [5.41, 5.74) is -0.0321. The number of aliphatic hydroxyl groups excluding tert-OH is 1. The highest BCUT2D eigenvalue weighted by Gasteiger charge is 2.54. The van der Waals surface area contributed by atoms with Crippen molar-refractivity contribution in [1.29, 1.82) is 0 Å². The predicted octanol–water partition coefficient (Wildman–Crippen LogP) is 2.04. The zero-order valence-electron chi connectivity index (χ0n) is 14.8. The Morgan fingerprint density at radius 3 is 2.16 bits per heavy atom. The lowest BCUT2D eigenvalue weighted by Crippen LogP contribution is -2.42. The zero-order chi connectivity index (χ0) is 17.9. The maximum atomic E-state index is 12.0. The molecule has 0 aromatic heterocycles. The molecule has 0 spiro atoms. The van der Waals surface area contributed by atoms with Gasteiger partial charge in [0, 0.05) is 5.92 Å². The summed E-state index contributed by atoms with van der Waals surface area (Å²) in [5, 5.41) is 9.86. The molecule has 2 saturated carbocycles. The second-order valence-electron chi connectivity index (χ2n) is 8.89. The van der Waals surface area contributed by atoms with Crippen molar-refractivity contribution in [1.82, 2.24) is 0 Å². The van der Waals surface area contributed by atoms with Gasteiger partial charge in [-0.25, -0.2) is 0 Å². The average Bonchev–Trinajstić information content (AvgIpc) is 3.03. The Hall–Kier alpha value is -1.43. The molecule has 4 aliphatic rings. The number of hydrogen-bond acceptors (Lipinski definition) is 6. The van der Waals surface area contributed by atoms with Crippen LogP contribution in [0.4, 0.5) is 0 Å². The number of esters is 3. The molecule has 138 valence electrons. The first-order valence-electron chi connectivity index (χ1n) is 9.43. The normalized spacial score (nSPS) is 44.1. The predicted molar refractivity (Wildman–Crippen MR) is 85.6 cm³/mol. The SMILES string of the molecule is CC(C)(C1CCC2C(=O)OC(=O)C2C1)C1CCC2C(O)OC(=O)C2C1. The summed E-state index contributed by atoms with van der Waals surface area (Å²) >= 11 is 0. The van der Waals surface area contributed by atoms with Gasteiger partial charge in [0.25, 0.3) is 0 Å². The first-order valence-corrected chi connectivity index (χ1v) is 9.43. The van der Waals surface area contributed by atoms with Crippen molar-refractivity contribution in [2.24, 2.45) is 40.9 Å². The number of fused-ring (bicyclic) bond motifs is 2. The molecule has 7 unspecified atom stereocenters. The van der Waals surface area contributed by atoms with Gasteiger partial charge in [0.1, 0.15) is 0 Å². The van der Waals surface area contributed by atoms with Crippen LogP contribution in [0, 0.1) is 40.9 Å². The molecule has 0 radical (unpaired) electrons. The molecule has 25 heavy (non-hydrogen) atoms. The Kier molecular flexibility index (Phi) is 3.94. The quantitative estimate of drug-likeness (QED) is 0.605. The highest BCUT2D eigenvalue weighted by atomic mass is 16.6. The van der Waals surface area contributed by atoms with Crippen LogP contribution in [0.3, 0.4) is 0 Å². The minimum absolute atomic E-state index is 0.0321. The fraction of sp³-hybridized carbons (Fsp3) is 0.842. The molecule has 2 saturated heterocycles. The molecule has 0 bridgehead atoms. The largest absolute Gasteiger partial charge is 0.435 e. The second kappa shape index (κ2) is 5.79. The van der Waals surface area contributed by atoms with E-state index in [-0.39, 0.29) is 47.0 Å². The van der Waals surface area contributed by atoms with Crippen molar-refractivity contribution in [2.45, 2.75) is 58.7 Å². The van der Waals surface area contributed by atoms with Crippen molar-refractivity contribution >= 4 is 17.9 Å². The van der Waals surface area contributed by atoms with Crippen LogP contribution >= 0.6 is 0 Å². The van der Waals surface area contributed by atoms with Gasteiger partial charge in [-0.2, -0.15) is 0 Å². The first-order chi connectivity index (χ1) is 11.8. The highest BCUT2D eigenvalue weighted by Crippen LogP contribution is 2.54. The van der Waals surface area contributed by atoms with Gasteiger partial charge < -0.3 is 14.6 Å². The van der Waals surface area contributed by atoms with Gasteiger partial charge in [-0.1, -0.05) is 13.8 Å². The standard InChI is InChI=1S/C19H26O6/c1-19(2,9-3-5-11-13(7-9)17(22)24-15(11)20)10-4-6-12-14(8-10)18(23)25-16(12)21/h9-15,20H,3-8H2,1-2H3. The maximum Gasteiger partial charge on any atom is 0.317 e. The second-order valence-corrected chi connectivity index (χ2v) is 8.89. The molecule has 2 aliphatic carbocycles. The van der Waals surface area contributed by atoms with E-state index in [1.165, 1.54) is 0 Å². The number of rotatable bonds is 2. The van der Waals surface area contributed by atoms with Crippen molar-refractivity contribution < 1.29 is 29.0 Å². The Balaban J connectivity index is 1.48. The van der Waals surface area contributed by atoms with Crippen molar-refractivity contribution in [3.05, 3.63) is 0 Å². The van der Waals surface area contributed by atoms with Crippen molar-refractivity contribution in [2.75, 3.05) is 0 Å². The summed E-state index contributed by atoms with van der Waals surface area (Å²) in [6.45, 7) is 4.45. The number of cyclic esters (lactones) is 3. The summed E-state index contributed by atoms with van der Waals surface area (Å²) in [7, 11) is 0. The van der Waals surface area contributed by atoms with Gasteiger partial charge in [0.2, 0.25) is 6.29 Å². The Morgan fingerprint density at radius 2 is 1.44 bits per heavy atom. The van der Waals surface area contributed by atoms with Crippen molar-refractivity contribution in [3.8, 4) is 0 Å². The molecule has 0 aromatic rings.